The van der Waals surface area contributed by atoms with Crippen LogP contribution in [0.2, 0.25) is 0 Å². The zero-order chi connectivity index (χ0) is 22.8. The molecule has 1 N–H and O–H groups in total. The van der Waals surface area contributed by atoms with Gasteiger partial charge in [0.1, 0.15) is 12.1 Å². The summed E-state index contributed by atoms with van der Waals surface area (Å²) in [4.78, 5) is 17.8. The summed E-state index contributed by atoms with van der Waals surface area (Å²) in [6.07, 6.45) is 17.0. The lowest BCUT2D eigenvalue weighted by Crippen LogP contribution is -2.52. The number of rotatable bonds is 4. The van der Waals surface area contributed by atoms with Crippen LogP contribution in [0, 0.1) is 40.9 Å². The van der Waals surface area contributed by atoms with Gasteiger partial charge in [-0.25, -0.2) is 0 Å². The maximum atomic E-state index is 13.6. The molecule has 6 aliphatic rings. The first kappa shape index (κ1) is 21.9. The number of nitrogens with zero attached hydrogens (tertiary/aromatic N) is 4. The topological polar surface area (TPSA) is 77.6 Å². The minimum absolute atomic E-state index is 0.00281. The van der Waals surface area contributed by atoms with Crippen molar-refractivity contribution >= 4 is 12.0 Å². The van der Waals surface area contributed by atoms with Gasteiger partial charge in [0.25, 0.3) is 0 Å². The van der Waals surface area contributed by atoms with Crippen LogP contribution in [0.15, 0.2) is 27.6 Å². The molecule has 4 saturated carbocycles. The molecular weight excluding hydrogens is 412 g/mol. The van der Waals surface area contributed by atoms with Crippen molar-refractivity contribution in [1.82, 2.24) is 5.01 Å². The van der Waals surface area contributed by atoms with Crippen LogP contribution in [0.25, 0.3) is 0 Å². The van der Waals surface area contributed by atoms with E-state index >= 15 is 0 Å². The first-order valence-corrected chi connectivity index (χ1v) is 13.5. The second kappa shape index (κ2) is 8.00. The fraction of sp³-hybridized carbons (Fsp3) is 0.852. The summed E-state index contributed by atoms with van der Waals surface area (Å²) >= 11 is 0. The number of fused-ring (bicyclic) bond motifs is 6. The van der Waals surface area contributed by atoms with E-state index in [1.165, 1.54) is 38.5 Å². The quantitative estimate of drug-likeness (QED) is 0.653. The Balaban J connectivity index is 1.14. The maximum absolute atomic E-state index is 13.6. The van der Waals surface area contributed by atoms with Gasteiger partial charge in [0.2, 0.25) is 0 Å². The monoisotopic (exact) mass is 452 g/mol. The van der Waals surface area contributed by atoms with Crippen molar-refractivity contribution in [2.45, 2.75) is 95.7 Å². The van der Waals surface area contributed by atoms with Crippen LogP contribution >= 0.6 is 0 Å². The predicted molar refractivity (Wildman–Crippen MR) is 128 cm³/mol. The minimum Gasteiger partial charge on any atom is -0.390 e. The Labute approximate surface area is 198 Å². The van der Waals surface area contributed by atoms with Crippen molar-refractivity contribution in [3.05, 3.63) is 12.3 Å². The van der Waals surface area contributed by atoms with Crippen molar-refractivity contribution in [2.75, 3.05) is 6.54 Å². The zero-order valence-electron chi connectivity index (χ0n) is 20.3. The third-order valence-corrected chi connectivity index (χ3v) is 11.1. The van der Waals surface area contributed by atoms with Crippen molar-refractivity contribution in [1.29, 1.82) is 0 Å². The van der Waals surface area contributed by atoms with Gasteiger partial charge in [-0.05, 0) is 105 Å². The number of carbonyl (C=O) groups is 1. The van der Waals surface area contributed by atoms with Crippen LogP contribution in [0.4, 0.5) is 0 Å². The first-order chi connectivity index (χ1) is 15.9. The Bertz CT molecular complexity index is 885. The third kappa shape index (κ3) is 3.45. The van der Waals surface area contributed by atoms with Gasteiger partial charge in [0.05, 0.1) is 12.1 Å². The molecule has 2 aliphatic heterocycles. The molecule has 6 heteroatoms. The molecule has 2 unspecified atom stereocenters. The van der Waals surface area contributed by atoms with Crippen LogP contribution in [0.1, 0.15) is 78.1 Å². The molecule has 4 aliphatic carbocycles. The fourth-order valence-corrected chi connectivity index (χ4v) is 9.24. The number of ketones is 1. The highest BCUT2D eigenvalue weighted by atomic mass is 16.3. The molecule has 6 rings (SSSR count). The number of hydrogen-bond acceptors (Lipinski definition) is 6. The summed E-state index contributed by atoms with van der Waals surface area (Å²) in [6.45, 7) is 4.95. The fourth-order valence-electron chi connectivity index (χ4n) is 9.24. The zero-order valence-corrected chi connectivity index (χ0v) is 20.3. The average molecular weight is 453 g/mol. The number of aliphatic imine (C=N–C) groups is 1. The number of aliphatic hydroxyl groups is 1. The SMILES string of the molecule is CC[C@@]1(O)CC[C@H]2[C@H](CC[C@@H]3[C@@H]2CC[C@]2(C)[C@@H](C(=O)CN4N=NC5C=CN=CC54)CC[C@@H]32)C1. The summed E-state index contributed by atoms with van der Waals surface area (Å²) in [6, 6.07) is 0.0109. The van der Waals surface area contributed by atoms with E-state index in [1.54, 1.807) is 6.20 Å². The lowest BCUT2D eigenvalue weighted by atomic mass is 9.48. The molecule has 0 aromatic heterocycles. The summed E-state index contributed by atoms with van der Waals surface area (Å²) in [5.74, 6) is 4.31. The second-order valence-electron chi connectivity index (χ2n) is 12.3. The number of hydrogen-bond donors (Lipinski definition) is 1. The molecule has 6 nitrogen and oxygen atoms in total. The van der Waals surface area contributed by atoms with Gasteiger partial charge >= 0.3 is 0 Å². The molecule has 0 radical (unpaired) electrons. The Morgan fingerprint density at radius 2 is 1.94 bits per heavy atom. The summed E-state index contributed by atoms with van der Waals surface area (Å²) in [5.41, 5.74) is -0.270. The van der Waals surface area contributed by atoms with Gasteiger partial charge in [-0.3, -0.25) is 14.8 Å². The molecule has 10 atom stereocenters. The largest absolute Gasteiger partial charge is 0.390 e. The van der Waals surface area contributed by atoms with E-state index in [9.17, 15) is 9.90 Å². The van der Waals surface area contributed by atoms with Crippen molar-refractivity contribution < 1.29 is 9.90 Å². The van der Waals surface area contributed by atoms with Gasteiger partial charge in [-0.2, -0.15) is 5.11 Å². The normalized spacial score (nSPS) is 50.0. The molecule has 2 heterocycles. The van der Waals surface area contributed by atoms with Crippen molar-refractivity contribution in [2.24, 2.45) is 56.3 Å². The van der Waals surface area contributed by atoms with Crippen LogP contribution in [-0.4, -0.2) is 46.3 Å². The maximum Gasteiger partial charge on any atom is 0.157 e. The average Bonchev–Trinajstić information content (AvgIpc) is 3.39. The second-order valence-corrected chi connectivity index (χ2v) is 12.3. The van der Waals surface area contributed by atoms with E-state index in [1.807, 2.05) is 17.3 Å². The molecule has 0 aromatic rings. The Hall–Kier alpha value is -1.56. The molecule has 0 spiro atoms. The van der Waals surface area contributed by atoms with E-state index in [-0.39, 0.29) is 23.4 Å². The van der Waals surface area contributed by atoms with Crippen molar-refractivity contribution in [3.8, 4) is 0 Å². The molecule has 4 fully saturated rings. The van der Waals surface area contributed by atoms with Crippen LogP contribution in [0.3, 0.4) is 0 Å². The number of Topliss-reactive ketones (excluding diaryl/α,β-unsaturated/α-hetero) is 1. The lowest BCUT2D eigenvalue weighted by molar-refractivity contribution is -0.134. The van der Waals surface area contributed by atoms with E-state index < -0.39 is 5.60 Å². The van der Waals surface area contributed by atoms with Gasteiger partial charge in [-0.15, -0.1) is 0 Å². The minimum atomic E-state index is -0.410. The highest BCUT2D eigenvalue weighted by Gasteiger charge is 2.59. The smallest absolute Gasteiger partial charge is 0.157 e. The molecule has 180 valence electrons. The highest BCUT2D eigenvalue weighted by molar-refractivity contribution is 5.85. The molecule has 0 bridgehead atoms. The van der Waals surface area contributed by atoms with Crippen molar-refractivity contribution in [3.63, 3.8) is 0 Å². The van der Waals surface area contributed by atoms with Gasteiger partial charge < -0.3 is 5.11 Å². The summed E-state index contributed by atoms with van der Waals surface area (Å²) < 4.78 is 0. The first-order valence-electron chi connectivity index (χ1n) is 13.5. The molecule has 0 amide bonds. The standard InChI is InChI=1S/C27H40N4O2/c1-3-27(33)12-9-18-17(14-27)4-5-20-19(18)8-11-26(2)21(20)6-7-22(26)25(32)16-31-24-15-28-13-10-23(24)29-30-31/h10,13,15,17-24,33H,3-9,11-12,14,16H2,1-2H3/t17-,18+,19-,20-,21+,22-,23?,24?,26+,27-/m1/s1. The van der Waals surface area contributed by atoms with Crippen LogP contribution in [-0.2, 0) is 4.79 Å². The highest BCUT2D eigenvalue weighted by Crippen LogP contribution is 2.64. The van der Waals surface area contributed by atoms with E-state index in [2.05, 4.69) is 29.2 Å². The third-order valence-electron chi connectivity index (χ3n) is 11.1. The van der Waals surface area contributed by atoms with Crippen LogP contribution in [0.5, 0.6) is 0 Å². The number of carbonyl (C=O) groups excluding carboxylic acids is 1. The van der Waals surface area contributed by atoms with E-state index in [4.69, 9.17) is 0 Å². The van der Waals surface area contributed by atoms with Crippen LogP contribution < -0.4 is 0 Å². The van der Waals surface area contributed by atoms with Gasteiger partial charge in [0, 0.05) is 18.3 Å². The summed E-state index contributed by atoms with van der Waals surface area (Å²) in [5, 5.41) is 21.4. The Morgan fingerprint density at radius 1 is 1.09 bits per heavy atom. The summed E-state index contributed by atoms with van der Waals surface area (Å²) in [7, 11) is 0. The lowest BCUT2D eigenvalue weighted by Gasteiger charge is -2.57. The molecule has 0 aromatic carbocycles. The Morgan fingerprint density at radius 3 is 2.79 bits per heavy atom. The van der Waals surface area contributed by atoms with E-state index in [0.29, 0.717) is 24.2 Å². The molecule has 0 saturated heterocycles. The van der Waals surface area contributed by atoms with Gasteiger partial charge in [0.15, 0.2) is 5.78 Å². The Kier molecular flexibility index (Phi) is 5.32. The van der Waals surface area contributed by atoms with Gasteiger partial charge in [-0.1, -0.05) is 19.1 Å². The predicted octanol–water partition coefficient (Wildman–Crippen LogP) is 4.98. The van der Waals surface area contributed by atoms with E-state index in [0.717, 1.165) is 43.4 Å². The molecule has 33 heavy (non-hydrogen) atoms. The molecular formula is C27H40N4O2.